The molecule has 0 aromatic rings. The molecule has 0 saturated carbocycles. The van der Waals surface area contributed by atoms with Crippen molar-refractivity contribution in [3.8, 4) is 130 Å². The summed E-state index contributed by atoms with van der Waals surface area (Å²) in [5.41, 5.74) is 0. The van der Waals surface area contributed by atoms with Crippen molar-refractivity contribution in [3.05, 3.63) is 0 Å². The maximum atomic E-state index is 2.63. The topological polar surface area (TPSA) is 0 Å². The molecule has 0 aliphatic carbocycles. The van der Waals surface area contributed by atoms with Crippen molar-refractivity contribution in [1.29, 1.82) is 0 Å². The monoisotopic (exact) mass is 352 g/mol. The first-order valence-corrected chi connectivity index (χ1v) is 7.98. The van der Waals surface area contributed by atoms with E-state index in [2.05, 4.69) is 151 Å². The Hall–Kier alpha value is -4.84. The Labute approximate surface area is 171 Å². The third kappa shape index (κ3) is 32.9. The molecule has 0 aliphatic rings. The van der Waals surface area contributed by atoms with Crippen LogP contribution >= 0.6 is 0 Å². The summed E-state index contributed by atoms with van der Waals surface area (Å²) in [5.74, 6) is 56.4. The Balaban J connectivity index is 0. The van der Waals surface area contributed by atoms with E-state index >= 15 is 0 Å². The lowest BCUT2D eigenvalue weighted by molar-refractivity contribution is 0.737. The Morgan fingerprint density at radius 2 is 0.393 bits per heavy atom. The molecule has 0 atom stereocenters. The van der Waals surface area contributed by atoms with Crippen LogP contribution in [0.25, 0.3) is 0 Å². The van der Waals surface area contributed by atoms with Gasteiger partial charge in [0, 0.05) is 23.7 Å². The second kappa shape index (κ2) is 24.4. The second-order valence-corrected chi connectivity index (χ2v) is 4.73. The standard InChI is InChI=1S/C24H6.C4H10/c1-3-5-7-9-11-13-15-17-19-21-23-24-22-20-18-16-14-12-10-8-6-4-2;1-4(2)3/h1-2H3;4H,1-3H3. The molecule has 0 aromatic heterocycles. The van der Waals surface area contributed by atoms with Crippen LogP contribution in [0.3, 0.4) is 0 Å². The quantitative estimate of drug-likeness (QED) is 0.588. The van der Waals surface area contributed by atoms with E-state index in [1.807, 2.05) is 0 Å². The smallest absolute Gasteiger partial charge is 0 e. The zero-order valence-electron chi connectivity index (χ0n) is 16.6. The van der Waals surface area contributed by atoms with Crippen LogP contribution in [0.4, 0.5) is 0 Å². The minimum absolute atomic E-state index is 0.833. The van der Waals surface area contributed by atoms with Gasteiger partial charge in [-0.2, -0.15) is 0 Å². The first kappa shape index (κ1) is 25.4. The first-order valence-electron chi connectivity index (χ1n) is 7.98. The molecular formula is C28H16. The largest absolute Gasteiger partial charge is 0.0925 e. The summed E-state index contributed by atoms with van der Waals surface area (Å²) in [6.45, 7) is 9.90. The highest BCUT2D eigenvalue weighted by atomic mass is 13.7. The Morgan fingerprint density at radius 1 is 0.286 bits per heavy atom. The third-order valence-corrected chi connectivity index (χ3v) is 1.44. The van der Waals surface area contributed by atoms with Gasteiger partial charge in [0.15, 0.2) is 0 Å². The molecule has 0 amide bonds. The summed E-state index contributed by atoms with van der Waals surface area (Å²) in [6, 6.07) is 0. The first-order chi connectivity index (χ1) is 13.6. The minimum atomic E-state index is 0.833. The van der Waals surface area contributed by atoms with Crippen molar-refractivity contribution in [2.24, 2.45) is 5.92 Å². The van der Waals surface area contributed by atoms with Gasteiger partial charge in [-0.3, -0.25) is 0 Å². The molecule has 0 rings (SSSR count). The van der Waals surface area contributed by atoms with Gasteiger partial charge < -0.3 is 0 Å². The van der Waals surface area contributed by atoms with Crippen LogP contribution in [0, 0.1) is 136 Å². The summed E-state index contributed by atoms with van der Waals surface area (Å²) in [4.78, 5) is 0. The molecule has 0 heterocycles. The molecule has 0 unspecified atom stereocenters. The van der Waals surface area contributed by atoms with Crippen molar-refractivity contribution in [1.82, 2.24) is 0 Å². The number of hydrogen-bond acceptors (Lipinski definition) is 0. The summed E-state index contributed by atoms with van der Waals surface area (Å²) < 4.78 is 0. The lowest BCUT2D eigenvalue weighted by Crippen LogP contribution is -1.66. The fourth-order valence-corrected chi connectivity index (χ4v) is 0.688. The lowest BCUT2D eigenvalue weighted by atomic mass is 10.3. The molecular weight excluding hydrogens is 336 g/mol. The molecule has 0 heteroatoms. The molecule has 0 spiro atoms. The molecule has 0 radical (unpaired) electrons. The van der Waals surface area contributed by atoms with Gasteiger partial charge in [-0.1, -0.05) is 32.6 Å². The van der Waals surface area contributed by atoms with Gasteiger partial charge in [0.05, 0.1) is 0 Å². The van der Waals surface area contributed by atoms with Gasteiger partial charge in [-0.15, -0.1) is 0 Å². The third-order valence-electron chi connectivity index (χ3n) is 1.44. The van der Waals surface area contributed by atoms with Gasteiger partial charge in [0.1, 0.15) is 0 Å². The lowest BCUT2D eigenvalue weighted by Gasteiger charge is -1.79. The highest BCUT2D eigenvalue weighted by Crippen LogP contribution is 1.81. The highest BCUT2D eigenvalue weighted by Gasteiger charge is 1.68. The predicted molar refractivity (Wildman–Crippen MR) is 117 cm³/mol. The van der Waals surface area contributed by atoms with E-state index in [0.29, 0.717) is 0 Å². The van der Waals surface area contributed by atoms with Gasteiger partial charge in [-0.25, -0.2) is 0 Å². The molecule has 28 heavy (non-hydrogen) atoms. The fraction of sp³-hybridized carbons (Fsp3) is 0.214. The Bertz CT molecular complexity index is 1100. The van der Waals surface area contributed by atoms with E-state index in [1.54, 1.807) is 13.8 Å². The van der Waals surface area contributed by atoms with E-state index in [0.717, 1.165) is 5.92 Å². The van der Waals surface area contributed by atoms with Crippen molar-refractivity contribution < 1.29 is 0 Å². The van der Waals surface area contributed by atoms with Crippen molar-refractivity contribution in [2.75, 3.05) is 0 Å². The predicted octanol–water partition coefficient (Wildman–Crippen LogP) is 2.73. The Kier molecular flexibility index (Phi) is 22.1. The molecule has 128 valence electrons. The van der Waals surface area contributed by atoms with Gasteiger partial charge >= 0.3 is 0 Å². The zero-order valence-corrected chi connectivity index (χ0v) is 16.6. The maximum Gasteiger partial charge on any atom is 0 e. The van der Waals surface area contributed by atoms with Crippen LogP contribution in [0.1, 0.15) is 34.6 Å². The molecule has 0 bridgehead atoms. The summed E-state index contributed by atoms with van der Waals surface area (Å²) >= 11 is 0. The van der Waals surface area contributed by atoms with Crippen molar-refractivity contribution in [3.63, 3.8) is 0 Å². The summed E-state index contributed by atoms with van der Waals surface area (Å²) in [5, 5.41) is 0. The average molecular weight is 352 g/mol. The van der Waals surface area contributed by atoms with E-state index in [1.165, 1.54) is 0 Å². The number of hydrogen-bond donors (Lipinski definition) is 0. The van der Waals surface area contributed by atoms with Crippen LogP contribution in [0.2, 0.25) is 0 Å². The van der Waals surface area contributed by atoms with Crippen LogP contribution in [0.5, 0.6) is 0 Å². The Morgan fingerprint density at radius 3 is 0.500 bits per heavy atom. The molecule has 0 saturated heterocycles. The van der Waals surface area contributed by atoms with Gasteiger partial charge in [0.25, 0.3) is 0 Å². The SMILES string of the molecule is CC#CC#CC#CC#CC#CC#CC#CC#CC#CC#CC#CC.CC(C)C. The van der Waals surface area contributed by atoms with Crippen LogP contribution in [-0.4, -0.2) is 0 Å². The van der Waals surface area contributed by atoms with Gasteiger partial charge in [0.2, 0.25) is 0 Å². The highest BCUT2D eigenvalue weighted by molar-refractivity contribution is 5.47. The van der Waals surface area contributed by atoms with Crippen LogP contribution in [0.15, 0.2) is 0 Å². The van der Waals surface area contributed by atoms with Crippen LogP contribution in [-0.2, 0) is 0 Å². The van der Waals surface area contributed by atoms with E-state index in [9.17, 15) is 0 Å². The number of rotatable bonds is 0. The molecule has 0 fully saturated rings. The molecule has 0 N–H and O–H groups in total. The van der Waals surface area contributed by atoms with Gasteiger partial charge in [-0.05, 0) is 114 Å². The zero-order chi connectivity index (χ0) is 21.1. The normalized spacial score (nSPS) is 4.64. The molecule has 0 aromatic carbocycles. The average Bonchev–Trinajstić information content (AvgIpc) is 2.66. The molecule has 0 aliphatic heterocycles. The maximum absolute atomic E-state index is 2.63. The summed E-state index contributed by atoms with van der Waals surface area (Å²) in [6.07, 6.45) is 0. The minimum Gasteiger partial charge on any atom is -0.0925 e. The van der Waals surface area contributed by atoms with Crippen molar-refractivity contribution in [2.45, 2.75) is 34.6 Å². The van der Waals surface area contributed by atoms with Crippen LogP contribution < -0.4 is 0 Å². The van der Waals surface area contributed by atoms with E-state index in [-0.39, 0.29) is 0 Å². The fourth-order valence-electron chi connectivity index (χ4n) is 0.688. The van der Waals surface area contributed by atoms with Crippen molar-refractivity contribution >= 4 is 0 Å². The summed E-state index contributed by atoms with van der Waals surface area (Å²) in [7, 11) is 0. The second-order valence-electron chi connectivity index (χ2n) is 4.73. The molecule has 0 nitrogen and oxygen atoms in total. The van der Waals surface area contributed by atoms with E-state index in [4.69, 9.17) is 0 Å². The van der Waals surface area contributed by atoms with E-state index < -0.39 is 0 Å².